The summed E-state index contributed by atoms with van der Waals surface area (Å²) in [7, 11) is 0. The molecule has 0 heterocycles. The highest BCUT2D eigenvalue weighted by atomic mass is 19.1. The molecule has 0 fully saturated rings. The van der Waals surface area contributed by atoms with Crippen LogP contribution in [0.5, 0.6) is 0 Å². The van der Waals surface area contributed by atoms with E-state index in [1.807, 2.05) is 6.92 Å². The second-order valence-corrected chi connectivity index (χ2v) is 7.34. The van der Waals surface area contributed by atoms with Gasteiger partial charge >= 0.3 is 0 Å². The molecule has 0 aromatic heterocycles. The molecule has 0 N–H and O–H groups in total. The molecule has 0 nitrogen and oxygen atoms in total. The monoisotopic (exact) mass is 418 g/mol. The van der Waals surface area contributed by atoms with Gasteiger partial charge in [0.05, 0.1) is 5.56 Å². The third kappa shape index (κ3) is 4.46. The molecule has 4 aromatic rings. The lowest BCUT2D eigenvalue weighted by Gasteiger charge is -2.08. The van der Waals surface area contributed by atoms with Gasteiger partial charge in [0.1, 0.15) is 23.3 Å². The molecule has 0 spiro atoms. The topological polar surface area (TPSA) is 0 Å². The summed E-state index contributed by atoms with van der Waals surface area (Å²) in [5, 5.41) is 1.48. The zero-order valence-electron chi connectivity index (χ0n) is 16.8. The van der Waals surface area contributed by atoms with E-state index in [0.717, 1.165) is 35.9 Å². The number of fused-ring (bicyclic) bond motifs is 1. The van der Waals surface area contributed by atoms with Crippen LogP contribution in [0.25, 0.3) is 21.9 Å². The Bertz CT molecular complexity index is 1320. The minimum Gasteiger partial charge on any atom is -0.207 e. The highest BCUT2D eigenvalue weighted by Crippen LogP contribution is 2.27. The Kier molecular flexibility index (Phi) is 5.77. The Hall–Kier alpha value is -3.58. The summed E-state index contributed by atoms with van der Waals surface area (Å²) in [5.74, 6) is 2.69. The SMILES string of the molecule is CCCc1ccc(-c2cc(F)c(C#Cc3ccc4cc(F)ccc4c3)c(F)c2)c(F)c1. The molecule has 0 unspecified atom stereocenters. The minimum atomic E-state index is -0.859. The van der Waals surface area contributed by atoms with Gasteiger partial charge in [-0.25, -0.2) is 17.6 Å². The molecule has 0 amide bonds. The van der Waals surface area contributed by atoms with Crippen molar-refractivity contribution in [3.63, 3.8) is 0 Å². The number of hydrogen-bond acceptors (Lipinski definition) is 0. The third-order valence-electron chi connectivity index (χ3n) is 5.06. The fourth-order valence-electron chi connectivity index (χ4n) is 3.51. The fourth-order valence-corrected chi connectivity index (χ4v) is 3.51. The minimum absolute atomic E-state index is 0.119. The van der Waals surface area contributed by atoms with Crippen LogP contribution in [0.4, 0.5) is 17.6 Å². The van der Waals surface area contributed by atoms with Crippen LogP contribution in [-0.2, 0) is 6.42 Å². The summed E-state index contributed by atoms with van der Waals surface area (Å²) in [6.45, 7) is 1.99. The van der Waals surface area contributed by atoms with E-state index in [9.17, 15) is 17.6 Å². The van der Waals surface area contributed by atoms with Crippen LogP contribution < -0.4 is 0 Å². The third-order valence-corrected chi connectivity index (χ3v) is 5.06. The van der Waals surface area contributed by atoms with Crippen LogP contribution in [0, 0.1) is 35.1 Å². The lowest BCUT2D eigenvalue weighted by Crippen LogP contribution is -1.95. The van der Waals surface area contributed by atoms with Crippen LogP contribution >= 0.6 is 0 Å². The van der Waals surface area contributed by atoms with Crippen LogP contribution in [0.3, 0.4) is 0 Å². The van der Waals surface area contributed by atoms with E-state index in [2.05, 4.69) is 11.8 Å². The van der Waals surface area contributed by atoms with Gasteiger partial charge in [0.25, 0.3) is 0 Å². The molecular formula is C27H18F4. The lowest BCUT2D eigenvalue weighted by atomic mass is 9.99. The molecular weight excluding hydrogens is 400 g/mol. The zero-order valence-corrected chi connectivity index (χ0v) is 16.8. The van der Waals surface area contributed by atoms with Crippen molar-refractivity contribution in [2.45, 2.75) is 19.8 Å². The summed E-state index contributed by atoms with van der Waals surface area (Å²) in [4.78, 5) is 0. The van der Waals surface area contributed by atoms with Gasteiger partial charge < -0.3 is 0 Å². The largest absolute Gasteiger partial charge is 0.207 e. The first kappa shape index (κ1) is 20.7. The Morgan fingerprint density at radius 3 is 2.10 bits per heavy atom. The first-order chi connectivity index (χ1) is 14.9. The normalized spacial score (nSPS) is 10.7. The molecule has 4 aromatic carbocycles. The molecule has 0 atom stereocenters. The molecule has 0 aliphatic heterocycles. The summed E-state index contributed by atoms with van der Waals surface area (Å²) >= 11 is 0. The first-order valence-electron chi connectivity index (χ1n) is 9.94. The summed E-state index contributed by atoms with van der Waals surface area (Å²) < 4.78 is 57.0. The number of hydrogen-bond donors (Lipinski definition) is 0. The number of rotatable bonds is 3. The van der Waals surface area contributed by atoms with Gasteiger partial charge in [-0.15, -0.1) is 0 Å². The van der Waals surface area contributed by atoms with Crippen LogP contribution in [0.15, 0.2) is 66.7 Å². The zero-order chi connectivity index (χ0) is 22.0. The Labute approximate surface area is 178 Å². The molecule has 4 heteroatoms. The first-order valence-corrected chi connectivity index (χ1v) is 9.94. The van der Waals surface area contributed by atoms with Crippen molar-refractivity contribution in [2.75, 3.05) is 0 Å². The van der Waals surface area contributed by atoms with Gasteiger partial charge in [-0.1, -0.05) is 49.5 Å². The molecule has 0 saturated carbocycles. The van der Waals surface area contributed by atoms with Crippen LogP contribution in [-0.4, -0.2) is 0 Å². The second kappa shape index (κ2) is 8.65. The summed E-state index contributed by atoms with van der Waals surface area (Å²) in [5.41, 5.74) is 1.25. The average molecular weight is 418 g/mol. The van der Waals surface area contributed by atoms with Crippen molar-refractivity contribution in [1.82, 2.24) is 0 Å². The maximum Gasteiger partial charge on any atom is 0.142 e. The predicted octanol–water partition coefficient (Wildman–Crippen LogP) is 7.42. The molecule has 0 radical (unpaired) electrons. The Morgan fingerprint density at radius 2 is 1.39 bits per heavy atom. The maximum absolute atomic E-state index is 14.6. The Morgan fingerprint density at radius 1 is 0.677 bits per heavy atom. The highest BCUT2D eigenvalue weighted by molar-refractivity contribution is 5.84. The number of aryl methyl sites for hydroxylation is 1. The van der Waals surface area contributed by atoms with Crippen molar-refractivity contribution in [2.24, 2.45) is 0 Å². The van der Waals surface area contributed by atoms with E-state index in [1.54, 1.807) is 30.3 Å². The van der Waals surface area contributed by atoms with Gasteiger partial charge in [0, 0.05) is 11.1 Å². The van der Waals surface area contributed by atoms with Crippen molar-refractivity contribution >= 4 is 10.8 Å². The van der Waals surface area contributed by atoms with Crippen LogP contribution in [0.2, 0.25) is 0 Å². The van der Waals surface area contributed by atoms with Gasteiger partial charge in [-0.05, 0) is 70.8 Å². The Balaban J connectivity index is 1.67. The van der Waals surface area contributed by atoms with Crippen molar-refractivity contribution in [1.29, 1.82) is 0 Å². The van der Waals surface area contributed by atoms with E-state index in [4.69, 9.17) is 0 Å². The van der Waals surface area contributed by atoms with E-state index in [1.165, 1.54) is 24.3 Å². The lowest BCUT2D eigenvalue weighted by molar-refractivity contribution is 0.577. The molecule has 0 aliphatic carbocycles. The van der Waals surface area contributed by atoms with Crippen molar-refractivity contribution < 1.29 is 17.6 Å². The standard InChI is InChI=1S/C27H18F4/c1-2-3-17-5-10-23(25(29)13-17)21-15-26(30)24(27(31)16-21)11-6-18-4-7-20-14-22(28)9-8-19(20)12-18/h4-5,7-10,12-16H,2-3H2,1H3. The van der Waals surface area contributed by atoms with E-state index in [0.29, 0.717) is 10.9 Å². The molecule has 0 aliphatic rings. The predicted molar refractivity (Wildman–Crippen MR) is 116 cm³/mol. The number of halogens is 4. The summed E-state index contributed by atoms with van der Waals surface area (Å²) in [6.07, 6.45) is 1.61. The van der Waals surface area contributed by atoms with E-state index < -0.39 is 17.5 Å². The molecule has 0 bridgehead atoms. The van der Waals surface area contributed by atoms with Crippen molar-refractivity contribution in [3.05, 3.63) is 107 Å². The molecule has 154 valence electrons. The van der Waals surface area contributed by atoms with Crippen molar-refractivity contribution in [3.8, 4) is 23.0 Å². The van der Waals surface area contributed by atoms with E-state index >= 15 is 0 Å². The van der Waals surface area contributed by atoms with Gasteiger partial charge in [-0.3, -0.25) is 0 Å². The fraction of sp³-hybridized carbons (Fsp3) is 0.111. The van der Waals surface area contributed by atoms with Gasteiger partial charge in [0.2, 0.25) is 0 Å². The van der Waals surface area contributed by atoms with E-state index in [-0.39, 0.29) is 22.5 Å². The maximum atomic E-state index is 14.6. The highest BCUT2D eigenvalue weighted by Gasteiger charge is 2.13. The van der Waals surface area contributed by atoms with Gasteiger partial charge in [-0.2, -0.15) is 0 Å². The number of benzene rings is 4. The molecule has 0 saturated heterocycles. The molecule has 4 rings (SSSR count). The smallest absolute Gasteiger partial charge is 0.142 e. The average Bonchev–Trinajstić information content (AvgIpc) is 2.73. The summed E-state index contributed by atoms with van der Waals surface area (Å²) in [6, 6.07) is 16.3. The second-order valence-electron chi connectivity index (χ2n) is 7.34. The molecule has 31 heavy (non-hydrogen) atoms. The van der Waals surface area contributed by atoms with Gasteiger partial charge in [0.15, 0.2) is 0 Å². The quantitative estimate of drug-likeness (QED) is 0.240. The van der Waals surface area contributed by atoms with Crippen LogP contribution in [0.1, 0.15) is 30.0 Å².